The molecule has 2 amide bonds. The molecule has 1 saturated heterocycles. The van der Waals surface area contributed by atoms with E-state index in [2.05, 4.69) is 15.6 Å². The zero-order valence-corrected chi connectivity index (χ0v) is 22.7. The minimum Gasteiger partial charge on any atom is -0.473 e. The summed E-state index contributed by atoms with van der Waals surface area (Å²) in [6.45, 7) is 12.0. The van der Waals surface area contributed by atoms with E-state index in [-0.39, 0.29) is 24.5 Å². The molecule has 2 fully saturated rings. The van der Waals surface area contributed by atoms with Gasteiger partial charge in [-0.15, -0.1) is 0 Å². The number of hydrogen-bond donors (Lipinski definition) is 1. The van der Waals surface area contributed by atoms with E-state index in [9.17, 15) is 9.59 Å². The van der Waals surface area contributed by atoms with Crippen LogP contribution in [-0.4, -0.2) is 68.7 Å². The van der Waals surface area contributed by atoms with Crippen LogP contribution in [0.2, 0.25) is 0 Å². The molecule has 0 bridgehead atoms. The van der Waals surface area contributed by atoms with Crippen LogP contribution in [0.15, 0.2) is 28.9 Å². The number of morpholine rings is 1. The number of fused-ring (bicyclic) bond motifs is 1. The van der Waals surface area contributed by atoms with Crippen molar-refractivity contribution in [3.8, 4) is 17.0 Å². The van der Waals surface area contributed by atoms with Gasteiger partial charge in [0.2, 0.25) is 5.91 Å². The quantitative estimate of drug-likeness (QED) is 0.502. The van der Waals surface area contributed by atoms with Gasteiger partial charge in [-0.25, -0.2) is 9.31 Å². The van der Waals surface area contributed by atoms with Gasteiger partial charge in [-0.1, -0.05) is 0 Å². The van der Waals surface area contributed by atoms with Crippen molar-refractivity contribution in [2.75, 3.05) is 25.1 Å². The van der Waals surface area contributed by atoms with Crippen LogP contribution in [0.4, 0.5) is 10.6 Å². The number of carbonyl (C=O) groups is 2. The number of amides is 2. The van der Waals surface area contributed by atoms with Crippen molar-refractivity contribution in [3.05, 3.63) is 30.2 Å². The summed E-state index contributed by atoms with van der Waals surface area (Å²) >= 11 is 0. The molecule has 1 aliphatic heterocycles. The zero-order chi connectivity index (χ0) is 27.2. The molecule has 5 rings (SSSR count). The molecule has 1 saturated carbocycles. The first-order valence-corrected chi connectivity index (χ1v) is 12.9. The third kappa shape index (κ3) is 5.77. The molecular formula is C27H35N5O6. The van der Waals surface area contributed by atoms with E-state index in [0.717, 1.165) is 23.9 Å². The number of rotatable bonds is 6. The summed E-state index contributed by atoms with van der Waals surface area (Å²) in [5.74, 6) is 1.54. The van der Waals surface area contributed by atoms with Gasteiger partial charge < -0.3 is 24.1 Å². The number of ether oxygens (including phenoxy) is 3. The van der Waals surface area contributed by atoms with E-state index in [4.69, 9.17) is 18.7 Å². The van der Waals surface area contributed by atoms with Gasteiger partial charge in [0.15, 0.2) is 5.82 Å². The van der Waals surface area contributed by atoms with E-state index in [0.29, 0.717) is 36.2 Å². The normalized spacial score (nSPS) is 19.4. The first-order chi connectivity index (χ1) is 17.9. The fourth-order valence-electron chi connectivity index (χ4n) is 4.41. The lowest BCUT2D eigenvalue weighted by atomic mass is 10.0. The second kappa shape index (κ2) is 9.61. The van der Waals surface area contributed by atoms with E-state index >= 15 is 0 Å². The van der Waals surface area contributed by atoms with Crippen LogP contribution in [-0.2, 0) is 14.3 Å². The molecule has 2 aliphatic rings. The van der Waals surface area contributed by atoms with Crippen LogP contribution in [0.3, 0.4) is 0 Å². The summed E-state index contributed by atoms with van der Waals surface area (Å²) in [6, 6.07) is 5.29. The minimum absolute atomic E-state index is 0.00898. The Labute approximate surface area is 221 Å². The van der Waals surface area contributed by atoms with Crippen molar-refractivity contribution in [2.45, 2.75) is 71.6 Å². The van der Waals surface area contributed by atoms with E-state index < -0.39 is 17.3 Å². The average Bonchev–Trinajstić information content (AvgIpc) is 3.51. The van der Waals surface area contributed by atoms with Gasteiger partial charge in [0.05, 0.1) is 35.9 Å². The number of carbonyl (C=O) groups excluding carboxylic acids is 2. The minimum atomic E-state index is -0.617. The smallest absolute Gasteiger partial charge is 0.410 e. The predicted octanol–water partition coefficient (Wildman–Crippen LogP) is 4.44. The Morgan fingerprint density at radius 2 is 2.00 bits per heavy atom. The maximum atomic E-state index is 13.0. The highest BCUT2D eigenvalue weighted by Gasteiger charge is 2.39. The van der Waals surface area contributed by atoms with Crippen LogP contribution in [0, 0.1) is 12.8 Å². The van der Waals surface area contributed by atoms with Crippen LogP contribution in [0.5, 0.6) is 5.88 Å². The summed E-state index contributed by atoms with van der Waals surface area (Å²) in [7, 11) is 0. The number of aryl methyl sites for hydroxylation is 1. The Kier molecular flexibility index (Phi) is 6.58. The maximum Gasteiger partial charge on any atom is 0.410 e. The third-order valence-electron chi connectivity index (χ3n) is 6.48. The molecule has 11 heteroatoms. The molecule has 3 aromatic rings. The van der Waals surface area contributed by atoms with Crippen LogP contribution < -0.4 is 10.1 Å². The van der Waals surface area contributed by atoms with Gasteiger partial charge in [-0.3, -0.25) is 9.69 Å². The van der Waals surface area contributed by atoms with Gasteiger partial charge in [0.1, 0.15) is 18.0 Å². The van der Waals surface area contributed by atoms with Crippen molar-refractivity contribution in [2.24, 2.45) is 5.92 Å². The highest BCUT2D eigenvalue weighted by molar-refractivity contribution is 5.93. The molecule has 1 atom stereocenters. The van der Waals surface area contributed by atoms with Gasteiger partial charge in [-0.2, -0.15) is 5.10 Å². The van der Waals surface area contributed by atoms with Gasteiger partial charge in [0.25, 0.3) is 5.88 Å². The highest BCUT2D eigenvalue weighted by atomic mass is 16.6. The number of nitrogens with one attached hydrogen (secondary N) is 1. The molecule has 0 radical (unpaired) electrons. The summed E-state index contributed by atoms with van der Waals surface area (Å²) in [6.07, 6.45) is 3.27. The van der Waals surface area contributed by atoms with Gasteiger partial charge in [-0.05, 0) is 77.2 Å². The molecule has 4 heterocycles. The van der Waals surface area contributed by atoms with Gasteiger partial charge >= 0.3 is 6.09 Å². The van der Waals surface area contributed by atoms with E-state index in [1.165, 1.54) is 0 Å². The molecule has 0 unspecified atom stereocenters. The topological polar surface area (TPSA) is 120 Å². The summed E-state index contributed by atoms with van der Waals surface area (Å²) in [5, 5.41) is 11.5. The zero-order valence-electron chi connectivity index (χ0n) is 22.7. The highest BCUT2D eigenvalue weighted by Crippen LogP contribution is 2.35. The number of nitrogens with zero attached hydrogens (tertiary/aromatic N) is 4. The first-order valence-electron chi connectivity index (χ1n) is 12.9. The third-order valence-corrected chi connectivity index (χ3v) is 6.48. The standard InChI is InChI=1S/C27H35N5O6/c1-16-22(18-9-10-32-19(11-18)12-21(29-32)28-23(33)17-7-8-17)24(30-38-16)35-13-20-14-36-27(5,6)15-31(20)25(34)37-26(2,3)4/h9-12,17,20H,7-8,13-15H2,1-6H3,(H,28,29,33)/t20-/m1/s1. The van der Waals surface area contributed by atoms with Crippen molar-refractivity contribution < 1.29 is 28.3 Å². The number of aromatic nitrogens is 3. The first kappa shape index (κ1) is 26.0. The molecule has 3 aromatic heterocycles. The second-order valence-corrected chi connectivity index (χ2v) is 11.6. The molecule has 1 N–H and O–H groups in total. The lowest BCUT2D eigenvalue weighted by molar-refractivity contribution is -0.119. The fraction of sp³-hybridized carbons (Fsp3) is 0.556. The second-order valence-electron chi connectivity index (χ2n) is 11.6. The Hall–Kier alpha value is -3.60. The van der Waals surface area contributed by atoms with Crippen molar-refractivity contribution in [3.63, 3.8) is 0 Å². The van der Waals surface area contributed by atoms with E-state index in [1.807, 2.05) is 65.9 Å². The number of pyridine rings is 1. The van der Waals surface area contributed by atoms with Crippen molar-refractivity contribution in [1.29, 1.82) is 0 Å². The average molecular weight is 526 g/mol. The van der Waals surface area contributed by atoms with Gasteiger partial charge in [0, 0.05) is 18.2 Å². The Bertz CT molecular complexity index is 1350. The Morgan fingerprint density at radius 3 is 2.71 bits per heavy atom. The summed E-state index contributed by atoms with van der Waals surface area (Å²) < 4.78 is 24.9. The predicted molar refractivity (Wildman–Crippen MR) is 139 cm³/mol. The van der Waals surface area contributed by atoms with Crippen molar-refractivity contribution >= 4 is 23.3 Å². The number of hydrogen-bond acceptors (Lipinski definition) is 8. The van der Waals surface area contributed by atoms with Crippen molar-refractivity contribution in [1.82, 2.24) is 19.7 Å². The largest absolute Gasteiger partial charge is 0.473 e. The van der Waals surface area contributed by atoms with E-state index in [1.54, 1.807) is 9.42 Å². The fourth-order valence-corrected chi connectivity index (χ4v) is 4.41. The molecule has 38 heavy (non-hydrogen) atoms. The van der Waals surface area contributed by atoms with Crippen LogP contribution in [0.25, 0.3) is 16.6 Å². The molecule has 11 nitrogen and oxygen atoms in total. The monoisotopic (exact) mass is 525 g/mol. The van der Waals surface area contributed by atoms with Crippen LogP contribution in [0.1, 0.15) is 53.2 Å². The van der Waals surface area contributed by atoms with Crippen LogP contribution >= 0.6 is 0 Å². The SMILES string of the molecule is Cc1onc(OC[C@@H]2COC(C)(C)CN2C(=O)OC(C)(C)C)c1-c1ccn2nc(NC(=O)C3CC3)cc2c1. The molecule has 1 aliphatic carbocycles. The maximum absolute atomic E-state index is 13.0. The Balaban J connectivity index is 1.33. The molecule has 0 spiro atoms. The summed E-state index contributed by atoms with van der Waals surface area (Å²) in [4.78, 5) is 26.8. The number of anilines is 1. The molecule has 204 valence electrons. The summed E-state index contributed by atoms with van der Waals surface area (Å²) in [5.41, 5.74) is 1.23. The lowest BCUT2D eigenvalue weighted by Crippen LogP contribution is -2.58. The molecule has 0 aromatic carbocycles. The lowest BCUT2D eigenvalue weighted by Gasteiger charge is -2.43. The molecular weight excluding hydrogens is 490 g/mol. The Morgan fingerprint density at radius 1 is 1.24 bits per heavy atom.